The van der Waals surface area contributed by atoms with Gasteiger partial charge in [0.15, 0.2) is 0 Å². The van der Waals surface area contributed by atoms with Crippen molar-refractivity contribution in [3.63, 3.8) is 0 Å². The molecule has 2 fully saturated rings. The first-order chi connectivity index (χ1) is 6.18. The van der Waals surface area contributed by atoms with Crippen LogP contribution in [0.5, 0.6) is 0 Å². The molecule has 5 nitrogen and oxygen atoms in total. The van der Waals surface area contributed by atoms with E-state index in [4.69, 9.17) is 0 Å². The normalized spacial score (nSPS) is 26.2. The number of piperazine rings is 1. The summed E-state index contributed by atoms with van der Waals surface area (Å²) in [6.45, 7) is 2.68. The highest BCUT2D eigenvalue weighted by molar-refractivity contribution is 7.87. The van der Waals surface area contributed by atoms with E-state index in [9.17, 15) is 8.42 Å². The monoisotopic (exact) mass is 205 g/mol. The lowest BCUT2D eigenvalue weighted by Crippen LogP contribution is -2.50. The van der Waals surface area contributed by atoms with Gasteiger partial charge in [-0.3, -0.25) is 0 Å². The molecule has 1 heterocycles. The van der Waals surface area contributed by atoms with Gasteiger partial charge >= 0.3 is 0 Å². The highest BCUT2D eigenvalue weighted by Gasteiger charge is 2.31. The molecule has 1 saturated heterocycles. The molecule has 6 heteroatoms. The van der Waals surface area contributed by atoms with Crippen molar-refractivity contribution in [1.82, 2.24) is 14.3 Å². The molecule has 0 amide bonds. The Morgan fingerprint density at radius 3 is 2.38 bits per heavy atom. The van der Waals surface area contributed by atoms with Crippen molar-refractivity contribution >= 4 is 10.2 Å². The van der Waals surface area contributed by atoms with Crippen LogP contribution < -0.4 is 10.0 Å². The highest BCUT2D eigenvalue weighted by Crippen LogP contribution is 2.20. The molecule has 76 valence electrons. The molecule has 2 aliphatic rings. The van der Waals surface area contributed by atoms with Gasteiger partial charge < -0.3 is 5.32 Å². The predicted molar refractivity (Wildman–Crippen MR) is 49.5 cm³/mol. The Balaban J connectivity index is 1.95. The first-order valence-electron chi connectivity index (χ1n) is 4.66. The maximum atomic E-state index is 11.6. The molecular formula is C7H15N3O2S. The fraction of sp³-hybridized carbons (Fsp3) is 1.00. The molecular weight excluding hydrogens is 190 g/mol. The summed E-state index contributed by atoms with van der Waals surface area (Å²) in [7, 11) is -3.18. The summed E-state index contributed by atoms with van der Waals surface area (Å²) in [6.07, 6.45) is 1.98. The lowest BCUT2D eigenvalue weighted by molar-refractivity contribution is 0.354. The third kappa shape index (κ3) is 2.40. The number of nitrogens with zero attached hydrogens (tertiary/aromatic N) is 1. The predicted octanol–water partition coefficient (Wildman–Crippen LogP) is -1.11. The molecule has 1 aliphatic heterocycles. The fourth-order valence-corrected chi connectivity index (χ4v) is 2.84. The molecule has 0 radical (unpaired) electrons. The molecule has 1 aliphatic carbocycles. The van der Waals surface area contributed by atoms with Crippen molar-refractivity contribution in [3.05, 3.63) is 0 Å². The number of rotatable bonds is 3. The van der Waals surface area contributed by atoms with E-state index in [1.807, 2.05) is 0 Å². The van der Waals surface area contributed by atoms with E-state index >= 15 is 0 Å². The summed E-state index contributed by atoms with van der Waals surface area (Å²) >= 11 is 0. The van der Waals surface area contributed by atoms with Gasteiger partial charge in [0.2, 0.25) is 0 Å². The van der Waals surface area contributed by atoms with E-state index in [0.717, 1.165) is 25.9 Å². The minimum absolute atomic E-state index is 0.208. The molecule has 0 unspecified atom stereocenters. The third-order valence-corrected chi connectivity index (χ3v) is 3.99. The Hall–Kier alpha value is -0.170. The van der Waals surface area contributed by atoms with Crippen LogP contribution in [0.1, 0.15) is 12.8 Å². The van der Waals surface area contributed by atoms with Gasteiger partial charge in [0.25, 0.3) is 10.2 Å². The van der Waals surface area contributed by atoms with Gasteiger partial charge in [0.1, 0.15) is 0 Å². The molecule has 0 bridgehead atoms. The Bertz CT molecular complexity index is 267. The Kier molecular flexibility index (Phi) is 2.55. The van der Waals surface area contributed by atoms with Crippen LogP contribution in [-0.4, -0.2) is 44.9 Å². The van der Waals surface area contributed by atoms with Crippen molar-refractivity contribution < 1.29 is 8.42 Å². The van der Waals surface area contributed by atoms with E-state index in [2.05, 4.69) is 10.0 Å². The van der Waals surface area contributed by atoms with E-state index in [0.29, 0.717) is 13.1 Å². The zero-order chi connectivity index (χ0) is 9.31. The summed E-state index contributed by atoms with van der Waals surface area (Å²) in [4.78, 5) is 0. The quantitative estimate of drug-likeness (QED) is 0.614. The number of hydrogen-bond donors (Lipinski definition) is 2. The summed E-state index contributed by atoms with van der Waals surface area (Å²) in [5.74, 6) is 0. The van der Waals surface area contributed by atoms with Gasteiger partial charge in [-0.05, 0) is 12.8 Å². The lowest BCUT2D eigenvalue weighted by atomic mass is 10.4. The van der Waals surface area contributed by atoms with Crippen LogP contribution in [0.15, 0.2) is 0 Å². The first-order valence-corrected chi connectivity index (χ1v) is 6.10. The van der Waals surface area contributed by atoms with Gasteiger partial charge in [-0.25, -0.2) is 0 Å². The SMILES string of the molecule is O=S(=O)(NC1CC1)N1CCNCC1. The Labute approximate surface area is 78.7 Å². The van der Waals surface area contributed by atoms with Crippen molar-refractivity contribution in [2.75, 3.05) is 26.2 Å². The van der Waals surface area contributed by atoms with E-state index < -0.39 is 10.2 Å². The Morgan fingerprint density at radius 1 is 1.23 bits per heavy atom. The molecule has 0 aromatic heterocycles. The van der Waals surface area contributed by atoms with Gasteiger partial charge in [-0.1, -0.05) is 0 Å². The fourth-order valence-electron chi connectivity index (χ4n) is 1.37. The largest absolute Gasteiger partial charge is 0.314 e. The zero-order valence-electron chi connectivity index (χ0n) is 7.49. The smallest absolute Gasteiger partial charge is 0.279 e. The molecule has 0 aromatic carbocycles. The summed E-state index contributed by atoms with van der Waals surface area (Å²) in [5.41, 5.74) is 0. The second-order valence-electron chi connectivity index (χ2n) is 3.55. The molecule has 2 N–H and O–H groups in total. The minimum atomic E-state index is -3.18. The number of hydrogen-bond acceptors (Lipinski definition) is 3. The zero-order valence-corrected chi connectivity index (χ0v) is 8.31. The van der Waals surface area contributed by atoms with Crippen LogP contribution in [0.3, 0.4) is 0 Å². The number of nitrogens with one attached hydrogen (secondary N) is 2. The van der Waals surface area contributed by atoms with Crippen LogP contribution in [0.2, 0.25) is 0 Å². The first kappa shape index (κ1) is 9.39. The van der Waals surface area contributed by atoms with Crippen molar-refractivity contribution in [1.29, 1.82) is 0 Å². The van der Waals surface area contributed by atoms with E-state index in [1.54, 1.807) is 0 Å². The third-order valence-electron chi connectivity index (χ3n) is 2.31. The van der Waals surface area contributed by atoms with Crippen LogP contribution in [0.25, 0.3) is 0 Å². The molecule has 13 heavy (non-hydrogen) atoms. The van der Waals surface area contributed by atoms with E-state index in [1.165, 1.54) is 4.31 Å². The van der Waals surface area contributed by atoms with Crippen molar-refractivity contribution in [2.24, 2.45) is 0 Å². The van der Waals surface area contributed by atoms with Crippen LogP contribution >= 0.6 is 0 Å². The maximum Gasteiger partial charge on any atom is 0.279 e. The molecule has 0 spiro atoms. The topological polar surface area (TPSA) is 61.4 Å². The van der Waals surface area contributed by atoms with Crippen LogP contribution in [0, 0.1) is 0 Å². The van der Waals surface area contributed by atoms with Gasteiger partial charge in [-0.15, -0.1) is 0 Å². The van der Waals surface area contributed by atoms with Crippen LogP contribution in [-0.2, 0) is 10.2 Å². The summed E-state index contributed by atoms with van der Waals surface area (Å²) in [5, 5.41) is 3.12. The molecule has 1 saturated carbocycles. The summed E-state index contributed by atoms with van der Waals surface area (Å²) < 4.78 is 27.4. The lowest BCUT2D eigenvalue weighted by Gasteiger charge is -2.26. The van der Waals surface area contributed by atoms with E-state index in [-0.39, 0.29) is 6.04 Å². The molecule has 0 aromatic rings. The second-order valence-corrected chi connectivity index (χ2v) is 5.25. The van der Waals surface area contributed by atoms with Crippen molar-refractivity contribution in [2.45, 2.75) is 18.9 Å². The standard InChI is InChI=1S/C7H15N3O2S/c11-13(12,9-7-1-2-7)10-5-3-8-4-6-10/h7-9H,1-6H2. The average molecular weight is 205 g/mol. The van der Waals surface area contributed by atoms with Gasteiger partial charge in [-0.2, -0.15) is 17.4 Å². The summed E-state index contributed by atoms with van der Waals surface area (Å²) in [6, 6.07) is 0.208. The maximum absolute atomic E-state index is 11.6. The Morgan fingerprint density at radius 2 is 1.85 bits per heavy atom. The minimum Gasteiger partial charge on any atom is -0.314 e. The molecule has 0 atom stereocenters. The second kappa shape index (κ2) is 3.53. The van der Waals surface area contributed by atoms with Gasteiger partial charge in [0, 0.05) is 32.2 Å². The molecule has 2 rings (SSSR count). The van der Waals surface area contributed by atoms with Crippen LogP contribution in [0.4, 0.5) is 0 Å². The van der Waals surface area contributed by atoms with Crippen molar-refractivity contribution in [3.8, 4) is 0 Å². The average Bonchev–Trinajstić information content (AvgIpc) is 2.89. The van der Waals surface area contributed by atoms with Gasteiger partial charge in [0.05, 0.1) is 0 Å². The highest BCUT2D eigenvalue weighted by atomic mass is 32.2.